The fourth-order valence-electron chi connectivity index (χ4n) is 1.95. The normalized spacial score (nSPS) is 11.5. The highest BCUT2D eigenvalue weighted by Crippen LogP contribution is 2.31. The number of nitrogens with zero attached hydrogens (tertiary/aromatic N) is 4. The number of halogens is 3. The number of aromatic nitrogens is 4. The van der Waals surface area contributed by atoms with E-state index in [-0.39, 0.29) is 10.9 Å². The maximum atomic E-state index is 12.5. The molecule has 3 rings (SSSR count). The van der Waals surface area contributed by atoms with Gasteiger partial charge in [0, 0.05) is 11.1 Å². The summed E-state index contributed by atoms with van der Waals surface area (Å²) in [5.41, 5.74) is 0.930. The first-order valence-electron chi connectivity index (χ1n) is 7.25. The SMILES string of the molecule is Cc1ccc(-n2cnnc2SCC(=O)Nc2nc(C(F)(F)F)cs2)cc1. The van der Waals surface area contributed by atoms with Crippen LogP contribution in [0.2, 0.25) is 0 Å². The third-order valence-corrected chi connectivity index (χ3v) is 4.90. The Hall–Kier alpha value is -2.40. The molecule has 6 nitrogen and oxygen atoms in total. The molecule has 2 aromatic heterocycles. The highest BCUT2D eigenvalue weighted by molar-refractivity contribution is 7.99. The zero-order chi connectivity index (χ0) is 18.7. The predicted octanol–water partition coefficient (Wildman–Crippen LogP) is 3.78. The highest BCUT2D eigenvalue weighted by atomic mass is 32.2. The molecule has 3 aromatic rings. The number of thiazole rings is 1. The molecular formula is C15H12F3N5OS2. The second-order valence-corrected chi connectivity index (χ2v) is 6.99. The Balaban J connectivity index is 1.61. The molecule has 11 heteroatoms. The summed E-state index contributed by atoms with van der Waals surface area (Å²) in [5.74, 6) is -0.512. The number of anilines is 1. The summed E-state index contributed by atoms with van der Waals surface area (Å²) in [6, 6.07) is 7.68. The first-order valence-corrected chi connectivity index (χ1v) is 9.12. The summed E-state index contributed by atoms with van der Waals surface area (Å²) in [4.78, 5) is 15.3. The van der Waals surface area contributed by atoms with Crippen molar-refractivity contribution in [1.29, 1.82) is 0 Å². The van der Waals surface area contributed by atoms with Gasteiger partial charge in [0.1, 0.15) is 6.33 Å². The van der Waals surface area contributed by atoms with Crippen LogP contribution in [0.4, 0.5) is 18.3 Å². The average molecular weight is 399 g/mol. The van der Waals surface area contributed by atoms with Crippen LogP contribution in [0.25, 0.3) is 5.69 Å². The second kappa shape index (κ2) is 7.46. The van der Waals surface area contributed by atoms with E-state index in [0.29, 0.717) is 5.16 Å². The molecule has 0 aliphatic rings. The van der Waals surface area contributed by atoms with E-state index in [2.05, 4.69) is 20.5 Å². The number of carbonyl (C=O) groups is 1. The average Bonchev–Trinajstić information content (AvgIpc) is 3.22. The van der Waals surface area contributed by atoms with Crippen LogP contribution in [-0.2, 0) is 11.0 Å². The lowest BCUT2D eigenvalue weighted by molar-refractivity contribution is -0.140. The zero-order valence-electron chi connectivity index (χ0n) is 13.3. The smallest absolute Gasteiger partial charge is 0.301 e. The minimum atomic E-state index is -4.53. The van der Waals surface area contributed by atoms with Crippen molar-refractivity contribution in [3.8, 4) is 5.69 Å². The third-order valence-electron chi connectivity index (χ3n) is 3.20. The summed E-state index contributed by atoms with van der Waals surface area (Å²) >= 11 is 1.85. The largest absolute Gasteiger partial charge is 0.434 e. The molecule has 1 aromatic carbocycles. The molecule has 0 radical (unpaired) electrons. The number of carbonyl (C=O) groups excluding carboxylic acids is 1. The van der Waals surface area contributed by atoms with Crippen molar-refractivity contribution in [1.82, 2.24) is 19.7 Å². The van der Waals surface area contributed by atoms with Crippen molar-refractivity contribution < 1.29 is 18.0 Å². The van der Waals surface area contributed by atoms with Gasteiger partial charge in [-0.2, -0.15) is 13.2 Å². The van der Waals surface area contributed by atoms with Crippen LogP contribution in [0.5, 0.6) is 0 Å². The summed E-state index contributed by atoms with van der Waals surface area (Å²) < 4.78 is 39.3. The van der Waals surface area contributed by atoms with Gasteiger partial charge >= 0.3 is 6.18 Å². The molecule has 26 heavy (non-hydrogen) atoms. The number of aryl methyl sites for hydroxylation is 1. The fraction of sp³-hybridized carbons (Fsp3) is 0.200. The van der Waals surface area contributed by atoms with Crippen LogP contribution in [0.15, 0.2) is 41.1 Å². The van der Waals surface area contributed by atoms with Gasteiger partial charge in [0.25, 0.3) is 0 Å². The Morgan fingerprint density at radius 2 is 2.04 bits per heavy atom. The minimum Gasteiger partial charge on any atom is -0.301 e. The molecule has 2 heterocycles. The Kier molecular flexibility index (Phi) is 5.28. The Morgan fingerprint density at radius 1 is 1.31 bits per heavy atom. The monoisotopic (exact) mass is 399 g/mol. The summed E-state index contributed by atoms with van der Waals surface area (Å²) in [5, 5.41) is 11.4. The number of thioether (sulfide) groups is 1. The molecule has 0 aliphatic carbocycles. The van der Waals surface area contributed by atoms with Crippen molar-refractivity contribution in [2.45, 2.75) is 18.3 Å². The molecule has 1 amide bonds. The molecule has 0 saturated carbocycles. The number of amides is 1. The number of hydrogen-bond acceptors (Lipinski definition) is 6. The molecule has 0 atom stereocenters. The zero-order valence-corrected chi connectivity index (χ0v) is 15.0. The van der Waals surface area contributed by atoms with Crippen LogP contribution in [-0.4, -0.2) is 31.4 Å². The molecule has 1 N–H and O–H groups in total. The maximum Gasteiger partial charge on any atom is 0.434 e. The van der Waals surface area contributed by atoms with Gasteiger partial charge in [0.15, 0.2) is 16.0 Å². The van der Waals surface area contributed by atoms with Gasteiger partial charge in [-0.25, -0.2) is 4.98 Å². The van der Waals surface area contributed by atoms with Gasteiger partial charge in [0.2, 0.25) is 5.91 Å². The van der Waals surface area contributed by atoms with Crippen LogP contribution in [0.1, 0.15) is 11.3 Å². The molecule has 0 aliphatic heterocycles. The van der Waals surface area contributed by atoms with Gasteiger partial charge in [-0.1, -0.05) is 29.5 Å². The molecule has 0 bridgehead atoms. The number of benzene rings is 1. The lowest BCUT2D eigenvalue weighted by atomic mass is 10.2. The van der Waals surface area contributed by atoms with Gasteiger partial charge in [-0.3, -0.25) is 9.36 Å². The third kappa shape index (κ3) is 4.41. The van der Waals surface area contributed by atoms with Crippen LogP contribution in [0, 0.1) is 6.92 Å². The molecule has 0 fully saturated rings. The lowest BCUT2D eigenvalue weighted by Gasteiger charge is -2.06. The van der Waals surface area contributed by atoms with Crippen molar-refractivity contribution >= 4 is 34.1 Å². The number of rotatable bonds is 5. The van der Waals surface area contributed by atoms with E-state index in [1.807, 2.05) is 31.2 Å². The molecule has 0 saturated heterocycles. The van der Waals surface area contributed by atoms with E-state index in [0.717, 1.165) is 39.7 Å². The van der Waals surface area contributed by atoms with Gasteiger partial charge < -0.3 is 5.32 Å². The molecule has 136 valence electrons. The summed E-state index contributed by atoms with van der Waals surface area (Å²) in [6.07, 6.45) is -3.00. The highest BCUT2D eigenvalue weighted by Gasteiger charge is 2.33. The lowest BCUT2D eigenvalue weighted by Crippen LogP contribution is -2.15. The fourth-order valence-corrected chi connectivity index (χ4v) is 3.41. The van der Waals surface area contributed by atoms with Crippen LogP contribution in [0.3, 0.4) is 0 Å². The first-order chi connectivity index (χ1) is 12.3. The van der Waals surface area contributed by atoms with Gasteiger partial charge in [-0.05, 0) is 19.1 Å². The van der Waals surface area contributed by atoms with Gasteiger partial charge in [0.05, 0.1) is 5.75 Å². The van der Waals surface area contributed by atoms with Crippen LogP contribution >= 0.6 is 23.1 Å². The van der Waals surface area contributed by atoms with E-state index in [9.17, 15) is 18.0 Å². The standard InChI is InChI=1S/C15H12F3N5OS2/c1-9-2-4-10(5-3-9)23-8-19-22-14(23)26-7-12(24)21-13-20-11(6-25-13)15(16,17)18/h2-6,8H,7H2,1H3,(H,20,21,24). The quantitative estimate of drug-likeness (QED) is 0.661. The van der Waals surface area contributed by atoms with Crippen molar-refractivity contribution in [2.24, 2.45) is 0 Å². The van der Waals surface area contributed by atoms with Gasteiger partial charge in [-0.15, -0.1) is 21.5 Å². The topological polar surface area (TPSA) is 72.7 Å². The Morgan fingerprint density at radius 3 is 2.69 bits per heavy atom. The van der Waals surface area contributed by atoms with E-state index >= 15 is 0 Å². The minimum absolute atomic E-state index is 0.0362. The predicted molar refractivity (Wildman–Crippen MR) is 92.6 cm³/mol. The molecule has 0 unspecified atom stereocenters. The maximum absolute atomic E-state index is 12.5. The Labute approximate surface area is 154 Å². The van der Waals surface area contributed by atoms with Crippen LogP contribution < -0.4 is 5.32 Å². The van der Waals surface area contributed by atoms with E-state index < -0.39 is 17.8 Å². The number of nitrogens with one attached hydrogen (secondary N) is 1. The van der Waals surface area contributed by atoms with E-state index in [1.54, 1.807) is 4.57 Å². The molecular weight excluding hydrogens is 387 g/mol. The number of alkyl halides is 3. The summed E-state index contributed by atoms with van der Waals surface area (Å²) in [7, 11) is 0. The van der Waals surface area contributed by atoms with Crippen molar-refractivity contribution in [3.63, 3.8) is 0 Å². The van der Waals surface area contributed by atoms with E-state index in [1.165, 1.54) is 6.33 Å². The van der Waals surface area contributed by atoms with E-state index in [4.69, 9.17) is 0 Å². The second-order valence-electron chi connectivity index (χ2n) is 5.19. The van der Waals surface area contributed by atoms with Crippen molar-refractivity contribution in [2.75, 3.05) is 11.1 Å². The Bertz CT molecular complexity index is 905. The first kappa shape index (κ1) is 18.4. The van der Waals surface area contributed by atoms with Crippen molar-refractivity contribution in [3.05, 3.63) is 47.2 Å². The summed E-state index contributed by atoms with van der Waals surface area (Å²) in [6.45, 7) is 1.97. The number of hydrogen-bond donors (Lipinski definition) is 1. The molecule has 0 spiro atoms.